The normalized spacial score (nSPS) is 19.1. The van der Waals surface area contributed by atoms with E-state index in [1.165, 1.54) is 0 Å². The van der Waals surface area contributed by atoms with Gasteiger partial charge in [-0.2, -0.15) is 0 Å². The summed E-state index contributed by atoms with van der Waals surface area (Å²) < 4.78 is 5.42. The molecule has 1 saturated heterocycles. The van der Waals surface area contributed by atoms with Crippen LogP contribution in [0.1, 0.15) is 54.0 Å². The highest BCUT2D eigenvalue weighted by Crippen LogP contribution is 2.25. The highest BCUT2D eigenvalue weighted by atomic mass is 16.4. The molecule has 20 heavy (non-hydrogen) atoms. The molecule has 1 aromatic rings. The van der Waals surface area contributed by atoms with E-state index in [1.807, 2.05) is 11.8 Å². The van der Waals surface area contributed by atoms with Gasteiger partial charge in [-0.1, -0.05) is 0 Å². The minimum absolute atomic E-state index is 0.0296. The molecule has 1 aliphatic heterocycles. The maximum absolute atomic E-state index is 12.6. The summed E-state index contributed by atoms with van der Waals surface area (Å²) in [6.07, 6.45) is 3.55. The van der Waals surface area contributed by atoms with E-state index in [0.717, 1.165) is 25.0 Å². The van der Waals surface area contributed by atoms with E-state index in [2.05, 4.69) is 0 Å². The van der Waals surface area contributed by atoms with E-state index in [1.54, 1.807) is 13.0 Å². The van der Waals surface area contributed by atoms with Crippen LogP contribution >= 0.6 is 0 Å². The molecule has 0 aliphatic carbocycles. The number of hydrogen-bond donors (Lipinski definition) is 1. The van der Waals surface area contributed by atoms with Gasteiger partial charge in [-0.15, -0.1) is 0 Å². The Morgan fingerprint density at radius 1 is 1.40 bits per heavy atom. The first-order valence-electron chi connectivity index (χ1n) is 7.09. The largest absolute Gasteiger partial charge is 0.481 e. The van der Waals surface area contributed by atoms with Crippen LogP contribution in [-0.4, -0.2) is 34.5 Å². The van der Waals surface area contributed by atoms with Gasteiger partial charge in [0.15, 0.2) is 0 Å². The molecule has 0 radical (unpaired) electrons. The Hall–Kier alpha value is -1.78. The average molecular weight is 279 g/mol. The molecule has 1 unspecified atom stereocenters. The molecule has 1 atom stereocenters. The molecule has 1 aromatic heterocycles. The van der Waals surface area contributed by atoms with Gasteiger partial charge in [0, 0.05) is 19.0 Å². The fourth-order valence-corrected chi connectivity index (χ4v) is 2.86. The van der Waals surface area contributed by atoms with Crippen LogP contribution in [0.2, 0.25) is 0 Å². The minimum atomic E-state index is -0.807. The Kier molecular flexibility index (Phi) is 4.47. The van der Waals surface area contributed by atoms with Crippen LogP contribution in [0.3, 0.4) is 0 Å². The summed E-state index contributed by atoms with van der Waals surface area (Å²) >= 11 is 0. The van der Waals surface area contributed by atoms with E-state index in [0.29, 0.717) is 24.3 Å². The lowest BCUT2D eigenvalue weighted by Crippen LogP contribution is -2.44. The molecule has 2 rings (SSSR count). The fourth-order valence-electron chi connectivity index (χ4n) is 2.86. The van der Waals surface area contributed by atoms with Crippen molar-refractivity contribution in [2.45, 2.75) is 52.0 Å². The van der Waals surface area contributed by atoms with Crippen molar-refractivity contribution in [3.8, 4) is 0 Å². The van der Waals surface area contributed by atoms with E-state index in [-0.39, 0.29) is 18.4 Å². The van der Waals surface area contributed by atoms with Crippen LogP contribution in [0, 0.1) is 13.8 Å². The number of amides is 1. The first kappa shape index (κ1) is 14.6. The number of furan rings is 1. The van der Waals surface area contributed by atoms with E-state index < -0.39 is 5.97 Å². The highest BCUT2D eigenvalue weighted by Gasteiger charge is 2.29. The zero-order valence-corrected chi connectivity index (χ0v) is 12.0. The average Bonchev–Trinajstić information content (AvgIpc) is 2.75. The molecule has 5 heteroatoms. The maximum Gasteiger partial charge on any atom is 0.303 e. The second kappa shape index (κ2) is 6.11. The molecule has 1 fully saturated rings. The molecule has 110 valence electrons. The first-order valence-corrected chi connectivity index (χ1v) is 7.09. The number of carbonyl (C=O) groups excluding carboxylic acids is 1. The molecule has 2 heterocycles. The summed E-state index contributed by atoms with van der Waals surface area (Å²) in [6, 6.07) is 1.79. The van der Waals surface area contributed by atoms with Crippen LogP contribution < -0.4 is 0 Å². The minimum Gasteiger partial charge on any atom is -0.481 e. The van der Waals surface area contributed by atoms with Crippen molar-refractivity contribution in [2.24, 2.45) is 0 Å². The third kappa shape index (κ3) is 3.21. The Morgan fingerprint density at radius 2 is 2.15 bits per heavy atom. The lowest BCUT2D eigenvalue weighted by Gasteiger charge is -2.35. The van der Waals surface area contributed by atoms with Crippen LogP contribution in [0.15, 0.2) is 10.5 Å². The van der Waals surface area contributed by atoms with Crippen molar-refractivity contribution in [3.63, 3.8) is 0 Å². The predicted molar refractivity (Wildman–Crippen MR) is 73.7 cm³/mol. The Morgan fingerprint density at radius 3 is 2.75 bits per heavy atom. The summed E-state index contributed by atoms with van der Waals surface area (Å²) in [5, 5.41) is 8.82. The summed E-state index contributed by atoms with van der Waals surface area (Å²) in [7, 11) is 0. The molecule has 1 N–H and O–H groups in total. The monoisotopic (exact) mass is 279 g/mol. The van der Waals surface area contributed by atoms with Gasteiger partial charge < -0.3 is 14.4 Å². The maximum atomic E-state index is 12.6. The van der Waals surface area contributed by atoms with Gasteiger partial charge >= 0.3 is 5.97 Å². The first-order chi connectivity index (χ1) is 9.49. The molecular weight excluding hydrogens is 258 g/mol. The Bertz CT molecular complexity index is 506. The van der Waals surface area contributed by atoms with Crippen molar-refractivity contribution in [1.29, 1.82) is 0 Å². The van der Waals surface area contributed by atoms with Crippen molar-refractivity contribution >= 4 is 11.9 Å². The molecule has 0 bridgehead atoms. The number of hydrogen-bond acceptors (Lipinski definition) is 3. The van der Waals surface area contributed by atoms with Crippen LogP contribution in [-0.2, 0) is 4.79 Å². The number of rotatable bonds is 4. The highest BCUT2D eigenvalue weighted by molar-refractivity contribution is 5.95. The topological polar surface area (TPSA) is 70.8 Å². The summed E-state index contributed by atoms with van der Waals surface area (Å²) in [5.41, 5.74) is 0.602. The number of nitrogens with zero attached hydrogens (tertiary/aromatic N) is 1. The second-order valence-corrected chi connectivity index (χ2v) is 5.41. The number of likely N-dealkylation sites (tertiary alicyclic amines) is 1. The quantitative estimate of drug-likeness (QED) is 0.920. The van der Waals surface area contributed by atoms with Crippen LogP contribution in [0.4, 0.5) is 0 Å². The molecule has 0 aromatic carbocycles. The second-order valence-electron chi connectivity index (χ2n) is 5.41. The van der Waals surface area contributed by atoms with Crippen molar-refractivity contribution < 1.29 is 19.1 Å². The lowest BCUT2D eigenvalue weighted by atomic mass is 9.97. The molecule has 0 saturated carbocycles. The van der Waals surface area contributed by atoms with Gasteiger partial charge in [0.1, 0.15) is 11.5 Å². The van der Waals surface area contributed by atoms with Gasteiger partial charge in [-0.25, -0.2) is 0 Å². The number of piperidine rings is 1. The SMILES string of the molecule is Cc1cc(C(=O)N2CCCCC2CCC(=O)O)c(C)o1. The summed E-state index contributed by atoms with van der Waals surface area (Å²) in [4.78, 5) is 25.2. The van der Waals surface area contributed by atoms with E-state index in [4.69, 9.17) is 9.52 Å². The zero-order valence-electron chi connectivity index (χ0n) is 12.0. The van der Waals surface area contributed by atoms with E-state index >= 15 is 0 Å². The smallest absolute Gasteiger partial charge is 0.303 e. The number of aryl methyl sites for hydroxylation is 2. The number of carboxylic acids is 1. The number of carboxylic acid groups (broad SMARTS) is 1. The van der Waals surface area contributed by atoms with Crippen LogP contribution in [0.5, 0.6) is 0 Å². The molecular formula is C15H21NO4. The Balaban J connectivity index is 2.12. The third-order valence-corrected chi connectivity index (χ3v) is 3.85. The van der Waals surface area contributed by atoms with Crippen molar-refractivity contribution in [3.05, 3.63) is 23.2 Å². The molecule has 1 amide bonds. The molecule has 0 spiro atoms. The Labute approximate surface area is 118 Å². The van der Waals surface area contributed by atoms with Gasteiger partial charge in [-0.3, -0.25) is 9.59 Å². The van der Waals surface area contributed by atoms with Crippen molar-refractivity contribution in [1.82, 2.24) is 4.90 Å². The van der Waals surface area contributed by atoms with Crippen molar-refractivity contribution in [2.75, 3.05) is 6.54 Å². The van der Waals surface area contributed by atoms with Crippen LogP contribution in [0.25, 0.3) is 0 Å². The van der Waals surface area contributed by atoms with Gasteiger partial charge in [-0.05, 0) is 45.6 Å². The predicted octanol–water partition coefficient (Wildman–Crippen LogP) is 2.76. The fraction of sp³-hybridized carbons (Fsp3) is 0.600. The van der Waals surface area contributed by atoms with E-state index in [9.17, 15) is 9.59 Å². The molecule has 1 aliphatic rings. The summed E-state index contributed by atoms with van der Waals surface area (Å²) in [6.45, 7) is 4.31. The number of aliphatic carboxylic acids is 1. The summed E-state index contributed by atoms with van der Waals surface area (Å²) in [5.74, 6) is 0.521. The van der Waals surface area contributed by atoms with Gasteiger partial charge in [0.25, 0.3) is 5.91 Å². The van der Waals surface area contributed by atoms with Gasteiger partial charge in [0.05, 0.1) is 5.56 Å². The lowest BCUT2D eigenvalue weighted by molar-refractivity contribution is -0.137. The third-order valence-electron chi connectivity index (χ3n) is 3.85. The molecule has 5 nitrogen and oxygen atoms in total. The number of carbonyl (C=O) groups is 2. The standard InChI is InChI=1S/C15H21NO4/c1-10-9-13(11(2)20-10)15(19)16-8-4-3-5-12(16)6-7-14(17)18/h9,12H,3-8H2,1-2H3,(H,17,18). The van der Waals surface area contributed by atoms with Gasteiger partial charge in [0.2, 0.25) is 0 Å². The zero-order chi connectivity index (χ0) is 14.7.